The molecule has 1 aliphatic heterocycles. The molecule has 2 aromatic carbocycles. The maximum atomic E-state index is 13.3. The minimum Gasteiger partial charge on any atom is -0.369 e. The number of amides is 2. The molecule has 2 amide bonds. The van der Waals surface area contributed by atoms with Crippen LogP contribution in [-0.2, 0) is 26.2 Å². The fourth-order valence-corrected chi connectivity index (χ4v) is 5.20. The molecule has 0 unspecified atom stereocenters. The Labute approximate surface area is 191 Å². The molecular formula is C21H23Cl2N3O4S. The predicted octanol–water partition coefficient (Wildman–Crippen LogP) is 2.91. The van der Waals surface area contributed by atoms with Gasteiger partial charge in [-0.3, -0.25) is 9.59 Å². The van der Waals surface area contributed by atoms with Gasteiger partial charge in [0.05, 0.1) is 11.4 Å². The Morgan fingerprint density at radius 1 is 1.03 bits per heavy atom. The first-order valence-electron chi connectivity index (χ1n) is 9.74. The standard InChI is InChI=1S/C21H23Cl2N3O4S/c22-17-4-6-19(7-5-17)31(29,30)26(13-15-2-1-3-18(23)12-15)14-20(27)25-10-8-16(9-11-25)21(24)28/h1-7,12,16H,8-11,13-14H2,(H2,24,28). The highest BCUT2D eigenvalue weighted by atomic mass is 35.5. The molecule has 1 fully saturated rings. The second kappa shape index (κ2) is 9.99. The molecule has 0 aromatic heterocycles. The molecule has 0 aliphatic carbocycles. The van der Waals surface area contributed by atoms with E-state index < -0.39 is 10.0 Å². The average Bonchev–Trinajstić information content (AvgIpc) is 2.73. The van der Waals surface area contributed by atoms with Crippen LogP contribution in [0.15, 0.2) is 53.4 Å². The Bertz CT molecular complexity index is 1050. The zero-order chi connectivity index (χ0) is 22.6. The number of hydrogen-bond donors (Lipinski definition) is 1. The number of nitrogens with two attached hydrogens (primary N) is 1. The van der Waals surface area contributed by atoms with Gasteiger partial charge in [-0.2, -0.15) is 4.31 Å². The van der Waals surface area contributed by atoms with E-state index in [1.807, 2.05) is 0 Å². The number of rotatable bonds is 7. The minimum atomic E-state index is -3.98. The smallest absolute Gasteiger partial charge is 0.243 e. The molecule has 3 rings (SSSR count). The number of hydrogen-bond acceptors (Lipinski definition) is 4. The van der Waals surface area contributed by atoms with E-state index in [4.69, 9.17) is 28.9 Å². The van der Waals surface area contributed by atoms with Gasteiger partial charge in [-0.05, 0) is 54.8 Å². The molecule has 31 heavy (non-hydrogen) atoms. The molecule has 0 radical (unpaired) electrons. The molecule has 7 nitrogen and oxygen atoms in total. The lowest BCUT2D eigenvalue weighted by atomic mass is 9.96. The van der Waals surface area contributed by atoms with E-state index in [9.17, 15) is 18.0 Å². The molecule has 1 heterocycles. The molecule has 0 saturated carbocycles. The van der Waals surface area contributed by atoms with Gasteiger partial charge in [-0.15, -0.1) is 0 Å². The number of carbonyl (C=O) groups is 2. The molecule has 0 bridgehead atoms. The summed E-state index contributed by atoms with van der Waals surface area (Å²) in [6.45, 7) is 0.366. The van der Waals surface area contributed by atoms with Crippen molar-refractivity contribution in [3.05, 3.63) is 64.1 Å². The monoisotopic (exact) mass is 483 g/mol. The van der Waals surface area contributed by atoms with E-state index in [0.717, 1.165) is 4.31 Å². The normalized spacial score (nSPS) is 15.3. The van der Waals surface area contributed by atoms with Crippen molar-refractivity contribution < 1.29 is 18.0 Å². The number of likely N-dealkylation sites (tertiary alicyclic amines) is 1. The highest BCUT2D eigenvalue weighted by Crippen LogP contribution is 2.23. The topological polar surface area (TPSA) is 101 Å². The molecule has 1 saturated heterocycles. The van der Waals surface area contributed by atoms with Crippen LogP contribution in [0.4, 0.5) is 0 Å². The third-order valence-corrected chi connectivity index (χ3v) is 7.55. The first kappa shape index (κ1) is 23.5. The van der Waals surface area contributed by atoms with Crippen LogP contribution >= 0.6 is 23.2 Å². The lowest BCUT2D eigenvalue weighted by Crippen LogP contribution is -2.46. The van der Waals surface area contributed by atoms with Gasteiger partial charge in [0.1, 0.15) is 0 Å². The van der Waals surface area contributed by atoms with Crippen molar-refractivity contribution in [3.63, 3.8) is 0 Å². The Kier molecular flexibility index (Phi) is 7.59. The SMILES string of the molecule is NC(=O)C1CCN(C(=O)CN(Cc2cccc(Cl)c2)S(=O)(=O)c2ccc(Cl)cc2)CC1. The van der Waals surface area contributed by atoms with E-state index in [2.05, 4.69) is 0 Å². The third kappa shape index (κ3) is 5.98. The van der Waals surface area contributed by atoms with Gasteiger partial charge in [0.2, 0.25) is 21.8 Å². The fraction of sp³-hybridized carbons (Fsp3) is 0.333. The minimum absolute atomic E-state index is 0.0188. The lowest BCUT2D eigenvalue weighted by molar-refractivity contribution is -0.135. The zero-order valence-electron chi connectivity index (χ0n) is 16.7. The largest absolute Gasteiger partial charge is 0.369 e. The summed E-state index contributed by atoms with van der Waals surface area (Å²) in [5.74, 6) is -0.966. The Hall–Kier alpha value is -2.13. The van der Waals surface area contributed by atoms with E-state index in [1.165, 1.54) is 24.3 Å². The molecule has 166 valence electrons. The fourth-order valence-electron chi connectivity index (χ4n) is 3.48. The molecule has 10 heteroatoms. The van der Waals surface area contributed by atoms with Crippen molar-refractivity contribution in [2.75, 3.05) is 19.6 Å². The van der Waals surface area contributed by atoms with Gasteiger partial charge >= 0.3 is 0 Å². The van der Waals surface area contributed by atoms with Crippen LogP contribution in [0.25, 0.3) is 0 Å². The van der Waals surface area contributed by atoms with Gasteiger partial charge in [0.25, 0.3) is 0 Å². The number of sulfonamides is 1. The number of carbonyl (C=O) groups excluding carboxylic acids is 2. The lowest BCUT2D eigenvalue weighted by Gasteiger charge is -2.32. The van der Waals surface area contributed by atoms with Crippen molar-refractivity contribution in [2.24, 2.45) is 11.7 Å². The van der Waals surface area contributed by atoms with Gasteiger partial charge in [-0.1, -0.05) is 35.3 Å². The van der Waals surface area contributed by atoms with Crippen LogP contribution in [-0.4, -0.2) is 49.1 Å². The van der Waals surface area contributed by atoms with Crippen molar-refractivity contribution in [2.45, 2.75) is 24.3 Å². The quantitative estimate of drug-likeness (QED) is 0.653. The van der Waals surface area contributed by atoms with Crippen LogP contribution in [0.5, 0.6) is 0 Å². The summed E-state index contributed by atoms with van der Waals surface area (Å²) in [5.41, 5.74) is 6.01. The van der Waals surface area contributed by atoms with Gasteiger partial charge < -0.3 is 10.6 Å². The van der Waals surface area contributed by atoms with E-state index >= 15 is 0 Å². The Morgan fingerprint density at radius 3 is 2.26 bits per heavy atom. The molecule has 2 aromatic rings. The molecule has 2 N–H and O–H groups in total. The van der Waals surface area contributed by atoms with E-state index in [-0.39, 0.29) is 35.7 Å². The summed E-state index contributed by atoms with van der Waals surface area (Å²) in [6, 6.07) is 12.6. The second-order valence-corrected chi connectivity index (χ2v) is 10.2. The van der Waals surface area contributed by atoms with Crippen LogP contribution in [0, 0.1) is 5.92 Å². The molecule has 1 aliphatic rings. The van der Waals surface area contributed by atoms with Crippen LogP contribution in [0.2, 0.25) is 10.0 Å². The second-order valence-electron chi connectivity index (χ2n) is 7.41. The van der Waals surface area contributed by atoms with Crippen molar-refractivity contribution in [3.8, 4) is 0 Å². The van der Waals surface area contributed by atoms with Crippen molar-refractivity contribution >= 4 is 45.0 Å². The maximum absolute atomic E-state index is 13.3. The first-order valence-corrected chi connectivity index (χ1v) is 11.9. The van der Waals surface area contributed by atoms with Gasteiger partial charge in [0.15, 0.2) is 0 Å². The van der Waals surface area contributed by atoms with Crippen molar-refractivity contribution in [1.29, 1.82) is 0 Å². The van der Waals surface area contributed by atoms with Gasteiger partial charge in [0, 0.05) is 35.6 Å². The first-order chi connectivity index (χ1) is 14.7. The summed E-state index contributed by atoms with van der Waals surface area (Å²) in [7, 11) is -3.98. The highest BCUT2D eigenvalue weighted by molar-refractivity contribution is 7.89. The third-order valence-electron chi connectivity index (χ3n) is 5.26. The molecular weight excluding hydrogens is 461 g/mol. The average molecular weight is 484 g/mol. The number of halogens is 2. The molecule has 0 spiro atoms. The summed E-state index contributed by atoms with van der Waals surface area (Å²) in [5, 5.41) is 0.884. The van der Waals surface area contributed by atoms with E-state index in [1.54, 1.807) is 29.2 Å². The summed E-state index contributed by atoms with van der Waals surface area (Å²) >= 11 is 11.9. The van der Waals surface area contributed by atoms with E-state index in [0.29, 0.717) is 41.5 Å². The maximum Gasteiger partial charge on any atom is 0.243 e. The number of primary amides is 1. The van der Waals surface area contributed by atoms with Gasteiger partial charge in [-0.25, -0.2) is 8.42 Å². The zero-order valence-corrected chi connectivity index (χ0v) is 19.0. The van der Waals surface area contributed by atoms with Crippen molar-refractivity contribution in [1.82, 2.24) is 9.21 Å². The number of piperidine rings is 1. The highest BCUT2D eigenvalue weighted by Gasteiger charge is 2.31. The number of nitrogens with zero attached hydrogens (tertiary/aromatic N) is 2. The Morgan fingerprint density at radius 2 is 1.68 bits per heavy atom. The molecule has 0 atom stereocenters. The summed E-state index contributed by atoms with van der Waals surface area (Å²) in [6.07, 6.45) is 0.943. The van der Waals surface area contributed by atoms with Crippen LogP contribution in [0.1, 0.15) is 18.4 Å². The number of benzene rings is 2. The van der Waals surface area contributed by atoms with Crippen LogP contribution in [0.3, 0.4) is 0 Å². The predicted molar refractivity (Wildman–Crippen MR) is 119 cm³/mol. The van der Waals surface area contributed by atoms with Crippen LogP contribution < -0.4 is 5.73 Å². The summed E-state index contributed by atoms with van der Waals surface area (Å²) in [4.78, 5) is 25.9. The summed E-state index contributed by atoms with van der Waals surface area (Å²) < 4.78 is 27.8. The Balaban J connectivity index is 1.82.